The molecule has 3 rings (SSSR count). The first-order valence-electron chi connectivity index (χ1n) is 6.86. The van der Waals surface area contributed by atoms with E-state index < -0.39 is 23.6 Å². The fraction of sp³-hybridized carbons (Fsp3) is 0.125. The minimum atomic E-state index is -4.55. The molecule has 5 nitrogen and oxygen atoms in total. The Bertz CT molecular complexity index is 852. The number of furan rings is 1. The summed E-state index contributed by atoms with van der Waals surface area (Å²) in [5.41, 5.74) is 1.03. The molecule has 1 fully saturated rings. The fourth-order valence-electron chi connectivity index (χ4n) is 2.23. The zero-order valence-corrected chi connectivity index (χ0v) is 12.3. The van der Waals surface area contributed by atoms with Gasteiger partial charge in [0, 0.05) is 0 Å². The van der Waals surface area contributed by atoms with Crippen LogP contribution in [0.15, 0.2) is 46.4 Å². The first kappa shape index (κ1) is 15.9. The lowest BCUT2D eigenvalue weighted by molar-refractivity contribution is -0.137. The van der Waals surface area contributed by atoms with E-state index >= 15 is 0 Å². The second-order valence-corrected chi connectivity index (χ2v) is 5.14. The first-order chi connectivity index (χ1) is 11.3. The summed E-state index contributed by atoms with van der Waals surface area (Å²) in [4.78, 5) is 24.3. The summed E-state index contributed by atoms with van der Waals surface area (Å²) in [5.74, 6) is -0.570. The van der Waals surface area contributed by atoms with Gasteiger partial charge in [-0.05, 0) is 43.3 Å². The van der Waals surface area contributed by atoms with Gasteiger partial charge in [0.05, 0.1) is 11.3 Å². The SMILES string of the molecule is Cc1ccc(/C=C2/C(=O)NN(c3cccc(C(F)(F)F)c3)C2=O)o1. The molecule has 1 aliphatic heterocycles. The van der Waals surface area contributed by atoms with Gasteiger partial charge in [-0.1, -0.05) is 6.07 Å². The normalized spacial score (nSPS) is 16.8. The molecular formula is C16H11F3N2O3. The third kappa shape index (κ3) is 2.90. The molecule has 1 aromatic carbocycles. The highest BCUT2D eigenvalue weighted by atomic mass is 19.4. The number of amides is 2. The highest BCUT2D eigenvalue weighted by Gasteiger charge is 2.36. The molecule has 2 heterocycles. The van der Waals surface area contributed by atoms with Crippen LogP contribution in [-0.2, 0) is 15.8 Å². The van der Waals surface area contributed by atoms with Crippen molar-refractivity contribution in [2.24, 2.45) is 0 Å². The van der Waals surface area contributed by atoms with E-state index in [0.717, 1.165) is 23.2 Å². The van der Waals surface area contributed by atoms with E-state index in [1.807, 2.05) is 0 Å². The number of hydrazine groups is 1. The Hall–Kier alpha value is -3.03. The van der Waals surface area contributed by atoms with Crippen molar-refractivity contribution in [3.8, 4) is 0 Å². The lowest BCUT2D eigenvalue weighted by Crippen LogP contribution is -2.35. The fourth-order valence-corrected chi connectivity index (χ4v) is 2.23. The van der Waals surface area contributed by atoms with Crippen LogP contribution in [0.1, 0.15) is 17.1 Å². The topological polar surface area (TPSA) is 62.6 Å². The van der Waals surface area contributed by atoms with Crippen LogP contribution in [-0.4, -0.2) is 11.8 Å². The van der Waals surface area contributed by atoms with Gasteiger partial charge in [0.15, 0.2) is 0 Å². The average molecular weight is 336 g/mol. The molecule has 0 spiro atoms. The van der Waals surface area contributed by atoms with Crippen molar-refractivity contribution in [3.05, 3.63) is 59.1 Å². The molecule has 0 aliphatic carbocycles. The van der Waals surface area contributed by atoms with Gasteiger partial charge in [-0.15, -0.1) is 0 Å². The second kappa shape index (κ2) is 5.55. The van der Waals surface area contributed by atoms with Crippen molar-refractivity contribution in [1.29, 1.82) is 0 Å². The highest BCUT2D eigenvalue weighted by Crippen LogP contribution is 2.32. The van der Waals surface area contributed by atoms with E-state index in [1.165, 1.54) is 12.1 Å². The Labute approximate surface area is 134 Å². The van der Waals surface area contributed by atoms with Crippen LogP contribution in [0.3, 0.4) is 0 Å². The Kier molecular flexibility index (Phi) is 3.67. The zero-order chi connectivity index (χ0) is 17.5. The summed E-state index contributed by atoms with van der Waals surface area (Å²) >= 11 is 0. The van der Waals surface area contributed by atoms with Crippen molar-refractivity contribution >= 4 is 23.6 Å². The maximum atomic E-state index is 12.8. The molecule has 0 saturated carbocycles. The maximum absolute atomic E-state index is 12.8. The number of carbonyl (C=O) groups excluding carboxylic acids is 2. The molecule has 1 aromatic heterocycles. The van der Waals surface area contributed by atoms with Gasteiger partial charge in [0.25, 0.3) is 11.8 Å². The largest absolute Gasteiger partial charge is 0.462 e. The summed E-state index contributed by atoms with van der Waals surface area (Å²) in [6, 6.07) is 7.37. The lowest BCUT2D eigenvalue weighted by Gasteiger charge is -2.16. The molecule has 124 valence electrons. The summed E-state index contributed by atoms with van der Waals surface area (Å²) in [6.45, 7) is 1.70. The molecule has 1 N–H and O–H groups in total. The van der Waals surface area contributed by atoms with Crippen LogP contribution in [0.2, 0.25) is 0 Å². The Balaban J connectivity index is 1.93. The van der Waals surface area contributed by atoms with Crippen molar-refractivity contribution in [2.45, 2.75) is 13.1 Å². The number of aryl methyl sites for hydroxylation is 1. The predicted octanol–water partition coefficient (Wildman–Crippen LogP) is 3.07. The van der Waals surface area contributed by atoms with E-state index in [4.69, 9.17) is 4.42 Å². The molecule has 0 unspecified atom stereocenters. The molecular weight excluding hydrogens is 325 g/mol. The summed E-state index contributed by atoms with van der Waals surface area (Å²) in [5, 5.41) is 0.777. The second-order valence-electron chi connectivity index (χ2n) is 5.14. The van der Waals surface area contributed by atoms with E-state index in [9.17, 15) is 22.8 Å². The van der Waals surface area contributed by atoms with Crippen LogP contribution in [0.25, 0.3) is 6.08 Å². The highest BCUT2D eigenvalue weighted by molar-refractivity contribution is 6.31. The van der Waals surface area contributed by atoms with Crippen LogP contribution < -0.4 is 10.4 Å². The Morgan fingerprint density at radius 2 is 1.92 bits per heavy atom. The number of benzene rings is 1. The van der Waals surface area contributed by atoms with Crippen molar-refractivity contribution in [3.63, 3.8) is 0 Å². The van der Waals surface area contributed by atoms with E-state index in [-0.39, 0.29) is 11.3 Å². The quantitative estimate of drug-likeness (QED) is 0.677. The molecule has 1 saturated heterocycles. The molecule has 2 amide bonds. The Morgan fingerprint density at radius 1 is 1.17 bits per heavy atom. The number of alkyl halides is 3. The number of halogens is 3. The third-order valence-corrected chi connectivity index (χ3v) is 3.37. The van der Waals surface area contributed by atoms with Gasteiger partial charge >= 0.3 is 6.18 Å². The van der Waals surface area contributed by atoms with E-state index in [0.29, 0.717) is 11.5 Å². The van der Waals surface area contributed by atoms with Crippen molar-refractivity contribution in [2.75, 3.05) is 5.01 Å². The number of anilines is 1. The standard InChI is InChI=1S/C16H11F3N2O3/c1-9-5-6-12(24-9)8-13-14(22)20-21(15(13)23)11-4-2-3-10(7-11)16(17,18)19/h2-8H,1H3,(H,20,22)/b13-8-. The molecule has 0 bridgehead atoms. The summed E-state index contributed by atoms with van der Waals surface area (Å²) < 4.78 is 43.6. The zero-order valence-electron chi connectivity index (χ0n) is 12.3. The minimum Gasteiger partial charge on any atom is -0.462 e. The lowest BCUT2D eigenvalue weighted by atomic mass is 10.1. The smallest absolute Gasteiger partial charge is 0.416 e. The van der Waals surface area contributed by atoms with E-state index in [1.54, 1.807) is 19.1 Å². The Morgan fingerprint density at radius 3 is 2.54 bits per heavy atom. The van der Waals surface area contributed by atoms with E-state index in [2.05, 4.69) is 5.43 Å². The van der Waals surface area contributed by atoms with Gasteiger partial charge in [0.1, 0.15) is 17.1 Å². The minimum absolute atomic E-state index is 0.0813. The number of hydrogen-bond acceptors (Lipinski definition) is 3. The maximum Gasteiger partial charge on any atom is 0.416 e. The predicted molar refractivity (Wildman–Crippen MR) is 78.5 cm³/mol. The number of rotatable bonds is 2. The van der Waals surface area contributed by atoms with Crippen LogP contribution in [0, 0.1) is 6.92 Å². The average Bonchev–Trinajstić information content (AvgIpc) is 3.05. The van der Waals surface area contributed by atoms with Gasteiger partial charge in [-0.25, -0.2) is 5.01 Å². The molecule has 2 aromatic rings. The molecule has 24 heavy (non-hydrogen) atoms. The van der Waals surface area contributed by atoms with Gasteiger partial charge in [-0.3, -0.25) is 15.0 Å². The van der Waals surface area contributed by atoms with Crippen molar-refractivity contribution < 1.29 is 27.2 Å². The number of nitrogens with zero attached hydrogens (tertiary/aromatic N) is 1. The number of hydrogen-bond donors (Lipinski definition) is 1. The molecule has 1 aliphatic rings. The molecule has 0 radical (unpaired) electrons. The van der Waals surface area contributed by atoms with Crippen LogP contribution >= 0.6 is 0 Å². The first-order valence-corrected chi connectivity index (χ1v) is 6.86. The monoisotopic (exact) mass is 336 g/mol. The summed E-state index contributed by atoms with van der Waals surface area (Å²) in [7, 11) is 0. The van der Waals surface area contributed by atoms with Crippen molar-refractivity contribution in [1.82, 2.24) is 5.43 Å². The van der Waals surface area contributed by atoms with Crippen LogP contribution in [0.4, 0.5) is 18.9 Å². The molecule has 8 heteroatoms. The van der Waals surface area contributed by atoms with Gasteiger partial charge in [0.2, 0.25) is 0 Å². The van der Waals surface area contributed by atoms with Gasteiger partial charge in [-0.2, -0.15) is 13.2 Å². The molecule has 0 atom stereocenters. The number of nitrogens with one attached hydrogen (secondary N) is 1. The van der Waals surface area contributed by atoms with Crippen LogP contribution in [0.5, 0.6) is 0 Å². The number of carbonyl (C=O) groups is 2. The van der Waals surface area contributed by atoms with Gasteiger partial charge < -0.3 is 4.42 Å². The third-order valence-electron chi connectivity index (χ3n) is 3.37. The summed E-state index contributed by atoms with van der Waals surface area (Å²) in [6.07, 6.45) is -3.30.